The van der Waals surface area contributed by atoms with Gasteiger partial charge in [0.1, 0.15) is 42.3 Å². The molecule has 0 heterocycles. The van der Waals surface area contributed by atoms with Crippen LogP contribution in [0, 0.1) is 0 Å². The summed E-state index contributed by atoms with van der Waals surface area (Å²) in [5, 5.41) is 29.9. The van der Waals surface area contributed by atoms with Crippen LogP contribution in [0.4, 0.5) is 0 Å². The van der Waals surface area contributed by atoms with Gasteiger partial charge in [-0.15, -0.1) is 0 Å². The number of esters is 1. The average molecular weight is 402 g/mol. The van der Waals surface area contributed by atoms with Gasteiger partial charge in [-0.3, -0.25) is 4.79 Å². The van der Waals surface area contributed by atoms with E-state index in [1.807, 2.05) is 0 Å². The Hall–Kier alpha value is -3.52. The Morgan fingerprint density at radius 2 is 1.55 bits per heavy atom. The van der Waals surface area contributed by atoms with Crippen LogP contribution in [0.25, 0.3) is 0 Å². The van der Waals surface area contributed by atoms with Crippen LogP contribution >= 0.6 is 0 Å². The van der Waals surface area contributed by atoms with Gasteiger partial charge in [0, 0.05) is 17.7 Å². The second kappa shape index (κ2) is 9.61. The highest BCUT2D eigenvalue weighted by atomic mass is 16.5. The van der Waals surface area contributed by atoms with Gasteiger partial charge in [0.25, 0.3) is 0 Å². The summed E-state index contributed by atoms with van der Waals surface area (Å²) < 4.78 is 15.1. The van der Waals surface area contributed by atoms with Gasteiger partial charge in [0.05, 0.1) is 18.2 Å². The lowest BCUT2D eigenvalue weighted by atomic mass is 10.0. The van der Waals surface area contributed by atoms with Gasteiger partial charge in [-0.2, -0.15) is 0 Å². The Bertz CT molecular complexity index is 919. The zero-order valence-electron chi connectivity index (χ0n) is 16.0. The van der Waals surface area contributed by atoms with Crippen molar-refractivity contribution in [3.8, 4) is 23.0 Å². The van der Waals surface area contributed by atoms with E-state index in [0.29, 0.717) is 5.75 Å². The third-order valence-electron chi connectivity index (χ3n) is 3.86. The molecule has 0 aliphatic rings. The second-order valence-electron chi connectivity index (χ2n) is 6.23. The molecule has 0 aliphatic heterocycles. The number of phenolic OH excluding ortho intramolecular Hbond substituents is 2. The zero-order chi connectivity index (χ0) is 21.6. The van der Waals surface area contributed by atoms with Crippen molar-refractivity contribution >= 4 is 11.8 Å². The van der Waals surface area contributed by atoms with Crippen molar-refractivity contribution in [2.45, 2.75) is 13.0 Å². The number of aliphatic hydroxyl groups excluding tert-OH is 1. The topological polar surface area (TPSA) is 123 Å². The van der Waals surface area contributed by atoms with E-state index in [9.17, 15) is 24.9 Å². The summed E-state index contributed by atoms with van der Waals surface area (Å²) in [4.78, 5) is 23.9. The van der Waals surface area contributed by atoms with Crippen molar-refractivity contribution in [3.05, 3.63) is 59.7 Å². The van der Waals surface area contributed by atoms with Crippen LogP contribution in [-0.2, 0) is 9.53 Å². The summed E-state index contributed by atoms with van der Waals surface area (Å²) in [6.45, 7) is 4.45. The molecule has 3 N–H and O–H groups in total. The highest BCUT2D eigenvalue weighted by Gasteiger charge is 2.18. The van der Waals surface area contributed by atoms with Gasteiger partial charge in [0.15, 0.2) is 5.78 Å². The summed E-state index contributed by atoms with van der Waals surface area (Å²) in [6, 6.07) is 8.18. The normalized spacial score (nSPS) is 11.4. The molecule has 8 heteroatoms. The van der Waals surface area contributed by atoms with E-state index < -0.39 is 17.9 Å². The maximum atomic E-state index is 12.6. The number of aliphatic hydroxyl groups is 1. The van der Waals surface area contributed by atoms with Gasteiger partial charge < -0.3 is 29.5 Å². The summed E-state index contributed by atoms with van der Waals surface area (Å²) in [6.07, 6.45) is -1.09. The fraction of sp³-hybridized carbons (Fsp3) is 0.238. The van der Waals surface area contributed by atoms with Crippen LogP contribution in [0.3, 0.4) is 0 Å². The molecule has 0 aliphatic carbocycles. The maximum absolute atomic E-state index is 12.6. The SMILES string of the molecule is C=C(C)C(=O)OCC(O)COc1ccc(C(=O)c2ccc(OC)cc2O)c(O)c1. The first-order valence-electron chi connectivity index (χ1n) is 8.61. The third-order valence-corrected chi connectivity index (χ3v) is 3.86. The lowest BCUT2D eigenvalue weighted by molar-refractivity contribution is -0.142. The summed E-state index contributed by atoms with van der Waals surface area (Å²) in [5.74, 6) is -1.25. The van der Waals surface area contributed by atoms with Gasteiger partial charge in [0.2, 0.25) is 0 Å². The number of aromatic hydroxyl groups is 2. The van der Waals surface area contributed by atoms with Crippen molar-refractivity contribution in [1.29, 1.82) is 0 Å². The number of phenols is 2. The molecule has 0 saturated heterocycles. The number of ether oxygens (including phenoxy) is 3. The van der Waals surface area contributed by atoms with Crippen molar-refractivity contribution in [2.24, 2.45) is 0 Å². The molecule has 1 atom stereocenters. The van der Waals surface area contributed by atoms with E-state index in [1.165, 1.54) is 50.4 Å². The van der Waals surface area contributed by atoms with Gasteiger partial charge >= 0.3 is 5.97 Å². The predicted molar refractivity (Wildman–Crippen MR) is 103 cm³/mol. The first kappa shape index (κ1) is 21.8. The fourth-order valence-corrected chi connectivity index (χ4v) is 2.30. The van der Waals surface area contributed by atoms with E-state index in [1.54, 1.807) is 0 Å². The number of benzene rings is 2. The summed E-state index contributed by atoms with van der Waals surface area (Å²) in [7, 11) is 1.43. The molecule has 0 aromatic heterocycles. The largest absolute Gasteiger partial charge is 0.507 e. The average Bonchev–Trinajstić information content (AvgIpc) is 2.69. The molecule has 0 bridgehead atoms. The van der Waals surface area contributed by atoms with Crippen LogP contribution in [0.2, 0.25) is 0 Å². The molecule has 154 valence electrons. The van der Waals surface area contributed by atoms with E-state index in [4.69, 9.17) is 14.2 Å². The van der Waals surface area contributed by atoms with Crippen LogP contribution in [-0.4, -0.2) is 53.5 Å². The first-order chi connectivity index (χ1) is 13.7. The molecule has 0 spiro atoms. The summed E-state index contributed by atoms with van der Waals surface area (Å²) >= 11 is 0. The smallest absolute Gasteiger partial charge is 0.333 e. The van der Waals surface area contributed by atoms with E-state index in [-0.39, 0.29) is 47.2 Å². The molecule has 1 unspecified atom stereocenters. The molecule has 0 amide bonds. The minimum absolute atomic E-state index is 0.00418. The van der Waals surface area contributed by atoms with E-state index in [0.717, 1.165) is 0 Å². The molecular weight excluding hydrogens is 380 g/mol. The Morgan fingerprint density at radius 3 is 2.07 bits per heavy atom. The van der Waals surface area contributed by atoms with Gasteiger partial charge in [-0.25, -0.2) is 4.79 Å². The van der Waals surface area contributed by atoms with Gasteiger partial charge in [-0.05, 0) is 31.2 Å². The number of rotatable bonds is 9. The van der Waals surface area contributed by atoms with Crippen LogP contribution in [0.1, 0.15) is 22.8 Å². The van der Waals surface area contributed by atoms with Crippen LogP contribution in [0.5, 0.6) is 23.0 Å². The molecule has 2 aromatic rings. The second-order valence-corrected chi connectivity index (χ2v) is 6.23. The molecule has 0 saturated carbocycles. The number of carbonyl (C=O) groups excluding carboxylic acids is 2. The quantitative estimate of drug-likeness (QED) is 0.331. The van der Waals surface area contributed by atoms with Crippen LogP contribution < -0.4 is 9.47 Å². The fourth-order valence-electron chi connectivity index (χ4n) is 2.30. The van der Waals surface area contributed by atoms with Crippen molar-refractivity contribution in [3.63, 3.8) is 0 Å². The van der Waals surface area contributed by atoms with Crippen molar-refractivity contribution in [1.82, 2.24) is 0 Å². The van der Waals surface area contributed by atoms with E-state index >= 15 is 0 Å². The van der Waals surface area contributed by atoms with Crippen molar-refractivity contribution < 1.29 is 39.1 Å². The Labute approximate surface area is 167 Å². The molecule has 2 aromatic carbocycles. The molecule has 2 rings (SSSR count). The highest BCUT2D eigenvalue weighted by molar-refractivity contribution is 6.12. The zero-order valence-corrected chi connectivity index (χ0v) is 16.0. The summed E-state index contributed by atoms with van der Waals surface area (Å²) in [5.41, 5.74) is 0.185. The highest BCUT2D eigenvalue weighted by Crippen LogP contribution is 2.30. The molecule has 8 nitrogen and oxygen atoms in total. The number of ketones is 1. The van der Waals surface area contributed by atoms with E-state index in [2.05, 4.69) is 6.58 Å². The van der Waals surface area contributed by atoms with Crippen LogP contribution in [0.15, 0.2) is 48.6 Å². The minimum atomic E-state index is -1.09. The monoisotopic (exact) mass is 402 g/mol. The van der Waals surface area contributed by atoms with Crippen molar-refractivity contribution in [2.75, 3.05) is 20.3 Å². The number of hydrogen-bond acceptors (Lipinski definition) is 8. The predicted octanol–water partition coefficient (Wildman–Crippen LogP) is 2.20. The first-order valence-corrected chi connectivity index (χ1v) is 8.61. The Kier molecular flexibility index (Phi) is 7.21. The third kappa shape index (κ3) is 5.73. The lowest BCUT2D eigenvalue weighted by Gasteiger charge is -2.14. The Morgan fingerprint density at radius 1 is 1.00 bits per heavy atom. The lowest BCUT2D eigenvalue weighted by Crippen LogP contribution is -2.25. The number of hydrogen-bond donors (Lipinski definition) is 3. The van der Waals surface area contributed by atoms with Gasteiger partial charge in [-0.1, -0.05) is 6.58 Å². The number of carbonyl (C=O) groups is 2. The molecule has 0 radical (unpaired) electrons. The maximum Gasteiger partial charge on any atom is 0.333 e. The molecule has 29 heavy (non-hydrogen) atoms. The molecular formula is C21H22O8. The number of methoxy groups -OCH3 is 1. The molecule has 0 fully saturated rings. The standard InChI is InChI=1S/C21H22O8/c1-12(2)21(26)29-11-13(22)10-28-15-5-7-17(19(24)9-15)20(25)16-6-4-14(27-3)8-18(16)23/h4-9,13,22-24H,1,10-11H2,2-3H3. The minimum Gasteiger partial charge on any atom is -0.507 e. The Balaban J connectivity index is 2.02.